The highest BCUT2D eigenvalue weighted by molar-refractivity contribution is 6.34. The van der Waals surface area contributed by atoms with E-state index in [0.29, 0.717) is 0 Å². The monoisotopic (exact) mass is 379 g/mol. The Morgan fingerprint density at radius 3 is 2.50 bits per heavy atom. The maximum absolute atomic E-state index is 13.7. The predicted molar refractivity (Wildman–Crippen MR) is 87.8 cm³/mol. The van der Waals surface area contributed by atoms with Gasteiger partial charge >= 0.3 is 0 Å². The Kier molecular flexibility index (Phi) is 5.04. The lowest BCUT2D eigenvalue weighted by atomic mass is 10.2. The van der Waals surface area contributed by atoms with E-state index in [1.54, 1.807) is 6.07 Å². The van der Waals surface area contributed by atoms with E-state index in [0.717, 1.165) is 24.5 Å². The molecule has 0 fully saturated rings. The molecule has 0 radical (unpaired) electrons. The van der Waals surface area contributed by atoms with Crippen LogP contribution in [0.2, 0.25) is 5.02 Å². The Bertz CT molecular complexity index is 985. The largest absolute Gasteiger partial charge is 0.434 e. The Balaban J connectivity index is 1.84. The van der Waals surface area contributed by atoms with E-state index in [4.69, 9.17) is 16.3 Å². The smallest absolute Gasteiger partial charge is 0.256 e. The normalized spacial score (nSPS) is 10.5. The molecule has 1 aromatic heterocycles. The standard InChI is InChI=1S/C17H9ClF3N3O2/c18-14-15(24-16(25)9-5-6-10(19)12(21)7-9)22-8-23-17(14)26-13-4-2-1-3-11(13)20/h1-8H,(H,22,23,24,25). The molecule has 0 aliphatic carbocycles. The molecule has 3 rings (SSSR count). The van der Waals surface area contributed by atoms with Gasteiger partial charge in [0.2, 0.25) is 5.88 Å². The Morgan fingerprint density at radius 1 is 1.00 bits per heavy atom. The average Bonchev–Trinajstić information content (AvgIpc) is 2.62. The van der Waals surface area contributed by atoms with E-state index in [9.17, 15) is 18.0 Å². The zero-order valence-corrected chi connectivity index (χ0v) is 13.6. The SMILES string of the molecule is O=C(Nc1ncnc(Oc2ccccc2F)c1Cl)c1ccc(F)c(F)c1. The molecule has 0 unspecified atom stereocenters. The molecule has 0 spiro atoms. The quantitative estimate of drug-likeness (QED) is 0.720. The van der Waals surface area contributed by atoms with Gasteiger partial charge in [-0.1, -0.05) is 23.7 Å². The van der Waals surface area contributed by atoms with Crippen molar-refractivity contribution >= 4 is 23.3 Å². The Labute approximate surface area is 150 Å². The number of hydrogen-bond acceptors (Lipinski definition) is 4. The minimum Gasteiger partial charge on any atom is -0.434 e. The van der Waals surface area contributed by atoms with E-state index in [1.807, 2.05) is 0 Å². The highest BCUT2D eigenvalue weighted by Gasteiger charge is 2.17. The first-order valence-corrected chi connectivity index (χ1v) is 7.53. The molecule has 2 aromatic carbocycles. The van der Waals surface area contributed by atoms with Crippen molar-refractivity contribution < 1.29 is 22.7 Å². The van der Waals surface area contributed by atoms with Crippen molar-refractivity contribution in [3.8, 4) is 11.6 Å². The van der Waals surface area contributed by atoms with Crippen LogP contribution in [-0.2, 0) is 0 Å². The van der Waals surface area contributed by atoms with Crippen molar-refractivity contribution in [1.29, 1.82) is 0 Å². The van der Waals surface area contributed by atoms with Gasteiger partial charge in [0.05, 0.1) is 0 Å². The second-order valence-electron chi connectivity index (χ2n) is 4.96. The number of amides is 1. The molecule has 0 saturated carbocycles. The fraction of sp³-hybridized carbons (Fsp3) is 0. The molecule has 1 N–H and O–H groups in total. The zero-order chi connectivity index (χ0) is 18.7. The van der Waals surface area contributed by atoms with Crippen LogP contribution in [0, 0.1) is 17.5 Å². The van der Waals surface area contributed by atoms with Gasteiger partial charge in [-0.25, -0.2) is 18.2 Å². The van der Waals surface area contributed by atoms with Crippen LogP contribution in [0.4, 0.5) is 19.0 Å². The molecule has 26 heavy (non-hydrogen) atoms. The van der Waals surface area contributed by atoms with Gasteiger partial charge in [-0.15, -0.1) is 0 Å². The molecule has 1 amide bonds. The molecule has 9 heteroatoms. The summed E-state index contributed by atoms with van der Waals surface area (Å²) in [5.41, 5.74) is -0.143. The van der Waals surface area contributed by atoms with Crippen LogP contribution < -0.4 is 10.1 Å². The predicted octanol–water partition coefficient (Wildman–Crippen LogP) is 4.59. The molecule has 0 atom stereocenters. The number of hydrogen-bond donors (Lipinski definition) is 1. The number of ether oxygens (including phenoxy) is 1. The molecule has 0 aliphatic rings. The fourth-order valence-electron chi connectivity index (χ4n) is 1.96. The van der Waals surface area contributed by atoms with Crippen molar-refractivity contribution in [1.82, 2.24) is 9.97 Å². The third kappa shape index (κ3) is 3.75. The number of benzene rings is 2. The summed E-state index contributed by atoms with van der Waals surface area (Å²) < 4.78 is 45.1. The van der Waals surface area contributed by atoms with Crippen LogP contribution >= 0.6 is 11.6 Å². The van der Waals surface area contributed by atoms with Crippen molar-refractivity contribution in [2.45, 2.75) is 0 Å². The number of halogens is 4. The molecular weight excluding hydrogens is 371 g/mol. The summed E-state index contributed by atoms with van der Waals surface area (Å²) in [6.45, 7) is 0. The third-order valence-electron chi connectivity index (χ3n) is 3.21. The molecule has 3 aromatic rings. The Morgan fingerprint density at radius 2 is 1.77 bits per heavy atom. The highest BCUT2D eigenvalue weighted by atomic mass is 35.5. The number of para-hydroxylation sites is 1. The maximum Gasteiger partial charge on any atom is 0.256 e. The van der Waals surface area contributed by atoms with E-state index < -0.39 is 23.4 Å². The van der Waals surface area contributed by atoms with Crippen LogP contribution in [0.3, 0.4) is 0 Å². The average molecular weight is 380 g/mol. The first kappa shape index (κ1) is 17.7. The summed E-state index contributed by atoms with van der Waals surface area (Å²) in [4.78, 5) is 19.7. The number of carbonyl (C=O) groups is 1. The second kappa shape index (κ2) is 7.40. The minimum absolute atomic E-state index is 0.119. The van der Waals surface area contributed by atoms with Gasteiger partial charge in [0.15, 0.2) is 29.0 Å². The van der Waals surface area contributed by atoms with Crippen molar-refractivity contribution in [3.05, 3.63) is 76.8 Å². The van der Waals surface area contributed by atoms with Gasteiger partial charge in [0.1, 0.15) is 11.3 Å². The van der Waals surface area contributed by atoms with E-state index >= 15 is 0 Å². The van der Waals surface area contributed by atoms with Crippen LogP contribution in [0.15, 0.2) is 48.8 Å². The third-order valence-corrected chi connectivity index (χ3v) is 3.56. The summed E-state index contributed by atoms with van der Waals surface area (Å²) in [7, 11) is 0. The van der Waals surface area contributed by atoms with Gasteiger partial charge < -0.3 is 10.1 Å². The van der Waals surface area contributed by atoms with Gasteiger partial charge in [-0.05, 0) is 30.3 Å². The van der Waals surface area contributed by atoms with Crippen LogP contribution in [0.25, 0.3) is 0 Å². The lowest BCUT2D eigenvalue weighted by Gasteiger charge is -2.10. The fourth-order valence-corrected chi connectivity index (χ4v) is 2.14. The molecule has 5 nitrogen and oxygen atoms in total. The minimum atomic E-state index is -1.17. The molecule has 0 saturated heterocycles. The summed E-state index contributed by atoms with van der Waals surface area (Å²) in [5.74, 6) is -4.10. The lowest BCUT2D eigenvalue weighted by Crippen LogP contribution is -2.14. The number of nitrogens with one attached hydrogen (secondary N) is 1. The molecule has 0 bridgehead atoms. The van der Waals surface area contributed by atoms with Crippen molar-refractivity contribution in [2.24, 2.45) is 0 Å². The first-order chi connectivity index (χ1) is 12.5. The summed E-state index contributed by atoms with van der Waals surface area (Å²) >= 11 is 6.08. The summed E-state index contributed by atoms with van der Waals surface area (Å²) in [6.07, 6.45) is 1.04. The Hall–Kier alpha value is -3.13. The number of carbonyl (C=O) groups excluding carboxylic acids is 1. The molecule has 1 heterocycles. The topological polar surface area (TPSA) is 64.1 Å². The number of aromatic nitrogens is 2. The highest BCUT2D eigenvalue weighted by Crippen LogP contribution is 2.32. The molecule has 132 valence electrons. The number of nitrogens with zero attached hydrogens (tertiary/aromatic N) is 2. The summed E-state index contributed by atoms with van der Waals surface area (Å²) in [5, 5.41) is 2.14. The molecule has 0 aliphatic heterocycles. The number of anilines is 1. The van der Waals surface area contributed by atoms with Gasteiger partial charge in [-0.3, -0.25) is 4.79 Å². The molecular formula is C17H9ClF3N3O2. The zero-order valence-electron chi connectivity index (χ0n) is 12.8. The van der Waals surface area contributed by atoms with E-state index in [1.165, 1.54) is 18.2 Å². The van der Waals surface area contributed by atoms with Crippen LogP contribution in [0.1, 0.15) is 10.4 Å². The number of rotatable bonds is 4. The first-order valence-electron chi connectivity index (χ1n) is 7.15. The van der Waals surface area contributed by atoms with Gasteiger partial charge in [-0.2, -0.15) is 4.98 Å². The lowest BCUT2D eigenvalue weighted by molar-refractivity contribution is 0.102. The maximum atomic E-state index is 13.7. The van der Waals surface area contributed by atoms with E-state index in [2.05, 4.69) is 15.3 Å². The van der Waals surface area contributed by atoms with Gasteiger partial charge in [0, 0.05) is 5.56 Å². The van der Waals surface area contributed by atoms with Gasteiger partial charge in [0.25, 0.3) is 5.91 Å². The van der Waals surface area contributed by atoms with Crippen LogP contribution in [-0.4, -0.2) is 15.9 Å². The van der Waals surface area contributed by atoms with Crippen molar-refractivity contribution in [3.63, 3.8) is 0 Å². The summed E-state index contributed by atoms with van der Waals surface area (Å²) in [6, 6.07) is 8.24. The van der Waals surface area contributed by atoms with Crippen LogP contribution in [0.5, 0.6) is 11.6 Å². The van der Waals surface area contributed by atoms with E-state index in [-0.39, 0.29) is 28.0 Å². The second-order valence-corrected chi connectivity index (χ2v) is 5.33. The van der Waals surface area contributed by atoms with Crippen molar-refractivity contribution in [2.75, 3.05) is 5.32 Å².